The third kappa shape index (κ3) is 5.55. The molecule has 1 aromatic carbocycles. The lowest BCUT2D eigenvalue weighted by molar-refractivity contribution is 0.233. The fraction of sp³-hybridized carbons (Fsp3) is 0.650. The molecule has 2 amide bonds. The fourth-order valence-electron chi connectivity index (χ4n) is 3.32. The minimum atomic E-state index is -0.208. The Morgan fingerprint density at radius 1 is 1.08 bits per heavy atom. The van der Waals surface area contributed by atoms with Crippen LogP contribution in [0, 0.1) is 0 Å². The number of hydrogen-bond donors (Lipinski definition) is 2. The third-order valence-electron chi connectivity index (χ3n) is 5.05. The van der Waals surface area contributed by atoms with Gasteiger partial charge in [-0.2, -0.15) is 0 Å². The molecule has 1 aliphatic carbocycles. The second kappa shape index (κ2) is 8.97. The van der Waals surface area contributed by atoms with Crippen molar-refractivity contribution in [3.8, 4) is 11.5 Å². The average Bonchev–Trinajstić information content (AvgIpc) is 2.88. The van der Waals surface area contributed by atoms with E-state index in [4.69, 9.17) is 9.47 Å². The summed E-state index contributed by atoms with van der Waals surface area (Å²) in [5.74, 6) is 1.41. The van der Waals surface area contributed by atoms with Crippen LogP contribution in [-0.2, 0) is 5.41 Å². The zero-order valence-electron chi connectivity index (χ0n) is 16.0. The smallest absolute Gasteiger partial charge is 0.315 e. The van der Waals surface area contributed by atoms with Crippen LogP contribution >= 0.6 is 0 Å². The van der Waals surface area contributed by atoms with Crippen molar-refractivity contribution in [3.05, 3.63) is 23.8 Å². The summed E-state index contributed by atoms with van der Waals surface area (Å²) in [7, 11) is 3.26. The van der Waals surface area contributed by atoms with Gasteiger partial charge in [0, 0.05) is 18.0 Å². The predicted molar refractivity (Wildman–Crippen MR) is 101 cm³/mol. The van der Waals surface area contributed by atoms with Crippen LogP contribution < -0.4 is 20.1 Å². The highest BCUT2D eigenvalue weighted by atomic mass is 16.5. The normalized spacial score (nSPS) is 16.0. The van der Waals surface area contributed by atoms with Crippen LogP contribution in [0.1, 0.15) is 57.9 Å². The van der Waals surface area contributed by atoms with Crippen molar-refractivity contribution < 1.29 is 14.3 Å². The highest BCUT2D eigenvalue weighted by molar-refractivity contribution is 5.74. The van der Waals surface area contributed by atoms with E-state index in [1.54, 1.807) is 14.2 Å². The molecule has 0 aliphatic heterocycles. The van der Waals surface area contributed by atoms with Gasteiger partial charge in [-0.3, -0.25) is 0 Å². The van der Waals surface area contributed by atoms with Gasteiger partial charge in [0.05, 0.1) is 14.2 Å². The molecular formula is C20H32N2O3. The Balaban J connectivity index is 1.92. The topological polar surface area (TPSA) is 59.6 Å². The molecule has 2 N–H and O–H groups in total. The highest BCUT2D eigenvalue weighted by Crippen LogP contribution is 2.32. The van der Waals surface area contributed by atoms with Crippen molar-refractivity contribution in [2.45, 2.75) is 63.8 Å². The zero-order valence-corrected chi connectivity index (χ0v) is 16.0. The Kier molecular flexibility index (Phi) is 6.97. The number of ether oxygens (including phenoxy) is 2. The molecule has 0 radical (unpaired) electrons. The van der Waals surface area contributed by atoms with Crippen molar-refractivity contribution in [3.63, 3.8) is 0 Å². The Bertz CT molecular complexity index is 564. The average molecular weight is 348 g/mol. The van der Waals surface area contributed by atoms with Gasteiger partial charge in [0.1, 0.15) is 0 Å². The first-order valence-corrected chi connectivity index (χ1v) is 9.23. The lowest BCUT2D eigenvalue weighted by Gasteiger charge is -2.27. The van der Waals surface area contributed by atoms with Gasteiger partial charge in [-0.05, 0) is 30.5 Å². The zero-order chi connectivity index (χ0) is 18.3. The number of hydrogen-bond acceptors (Lipinski definition) is 3. The molecule has 1 aromatic rings. The maximum absolute atomic E-state index is 12.3. The Hall–Kier alpha value is -1.91. The molecule has 2 rings (SSSR count). The van der Waals surface area contributed by atoms with E-state index >= 15 is 0 Å². The Morgan fingerprint density at radius 3 is 2.32 bits per heavy atom. The second-order valence-electron chi connectivity index (χ2n) is 7.47. The minimum Gasteiger partial charge on any atom is -0.493 e. The summed E-state index contributed by atoms with van der Waals surface area (Å²) >= 11 is 0. The summed E-state index contributed by atoms with van der Waals surface area (Å²) in [5.41, 5.74) is 0.889. The van der Waals surface area contributed by atoms with E-state index in [2.05, 4.69) is 24.5 Å². The summed E-state index contributed by atoms with van der Waals surface area (Å²) in [4.78, 5) is 12.3. The summed E-state index contributed by atoms with van der Waals surface area (Å²) in [5, 5.41) is 6.16. The number of nitrogens with one attached hydrogen (secondary N) is 2. The van der Waals surface area contributed by atoms with E-state index in [1.165, 1.54) is 25.7 Å². The van der Waals surface area contributed by atoms with Crippen LogP contribution in [0.3, 0.4) is 0 Å². The van der Waals surface area contributed by atoms with Crippen molar-refractivity contribution in [2.24, 2.45) is 0 Å². The number of amides is 2. The third-order valence-corrected chi connectivity index (χ3v) is 5.05. The van der Waals surface area contributed by atoms with E-state index < -0.39 is 0 Å². The number of carbonyl (C=O) groups excluding carboxylic acids is 1. The number of rotatable bonds is 6. The molecule has 0 heterocycles. The molecule has 0 unspecified atom stereocenters. The van der Waals surface area contributed by atoms with Gasteiger partial charge in [0.2, 0.25) is 0 Å². The predicted octanol–water partition coefficient (Wildman–Crippen LogP) is 4.00. The van der Waals surface area contributed by atoms with Gasteiger partial charge in [-0.15, -0.1) is 0 Å². The van der Waals surface area contributed by atoms with E-state index in [1.807, 2.05) is 18.2 Å². The van der Waals surface area contributed by atoms with Crippen LogP contribution in [0.4, 0.5) is 4.79 Å². The first-order chi connectivity index (χ1) is 12.0. The molecule has 1 aliphatic rings. The first-order valence-electron chi connectivity index (χ1n) is 9.23. The molecule has 0 bridgehead atoms. The van der Waals surface area contributed by atoms with Gasteiger partial charge in [0.15, 0.2) is 11.5 Å². The van der Waals surface area contributed by atoms with Crippen LogP contribution in [0.2, 0.25) is 0 Å². The molecule has 0 atom stereocenters. The van der Waals surface area contributed by atoms with E-state index in [0.717, 1.165) is 18.4 Å². The van der Waals surface area contributed by atoms with Gasteiger partial charge in [-0.1, -0.05) is 45.6 Å². The van der Waals surface area contributed by atoms with E-state index in [9.17, 15) is 4.79 Å². The second-order valence-corrected chi connectivity index (χ2v) is 7.47. The summed E-state index contributed by atoms with van der Waals surface area (Å²) in [6, 6.07) is 6.14. The Labute approximate surface area is 151 Å². The molecule has 1 fully saturated rings. The number of methoxy groups -OCH3 is 2. The molecule has 25 heavy (non-hydrogen) atoms. The molecule has 0 spiro atoms. The van der Waals surface area contributed by atoms with Gasteiger partial charge in [0.25, 0.3) is 0 Å². The van der Waals surface area contributed by atoms with Crippen LogP contribution in [-0.4, -0.2) is 32.8 Å². The first kappa shape index (κ1) is 19.4. The summed E-state index contributed by atoms with van der Waals surface area (Å²) < 4.78 is 10.7. The van der Waals surface area contributed by atoms with Crippen molar-refractivity contribution in [1.82, 2.24) is 10.6 Å². The quantitative estimate of drug-likeness (QED) is 0.764. The lowest BCUT2D eigenvalue weighted by atomic mass is 9.84. The van der Waals surface area contributed by atoms with Gasteiger partial charge < -0.3 is 20.1 Å². The van der Waals surface area contributed by atoms with Crippen LogP contribution in [0.5, 0.6) is 11.5 Å². The highest BCUT2D eigenvalue weighted by Gasteiger charge is 2.24. The SMILES string of the molecule is COc1ccc(C(C)(C)CNC(=O)NC2CCCCCC2)cc1OC. The summed E-state index contributed by atoms with van der Waals surface area (Å²) in [6.07, 6.45) is 7.17. The molecule has 5 nitrogen and oxygen atoms in total. The summed E-state index contributed by atoms with van der Waals surface area (Å²) in [6.45, 7) is 4.78. The van der Waals surface area contributed by atoms with Crippen LogP contribution in [0.15, 0.2) is 18.2 Å². The molecule has 0 aromatic heterocycles. The van der Waals surface area contributed by atoms with Crippen molar-refractivity contribution >= 4 is 6.03 Å². The van der Waals surface area contributed by atoms with E-state index in [0.29, 0.717) is 24.1 Å². The number of carbonyl (C=O) groups is 1. The van der Waals surface area contributed by atoms with Gasteiger partial charge >= 0.3 is 6.03 Å². The minimum absolute atomic E-state index is 0.0690. The lowest BCUT2D eigenvalue weighted by Crippen LogP contribution is -2.45. The number of urea groups is 1. The standard InChI is InChI=1S/C20H32N2O3/c1-20(2,15-11-12-17(24-3)18(13-15)25-4)14-21-19(23)22-16-9-7-5-6-8-10-16/h11-13,16H,5-10,14H2,1-4H3,(H2,21,22,23). The van der Waals surface area contributed by atoms with Gasteiger partial charge in [-0.25, -0.2) is 4.79 Å². The van der Waals surface area contributed by atoms with Crippen LogP contribution in [0.25, 0.3) is 0 Å². The van der Waals surface area contributed by atoms with Crippen molar-refractivity contribution in [2.75, 3.05) is 20.8 Å². The molecule has 5 heteroatoms. The number of benzene rings is 1. The van der Waals surface area contributed by atoms with Crippen molar-refractivity contribution in [1.29, 1.82) is 0 Å². The Morgan fingerprint density at radius 2 is 1.72 bits per heavy atom. The molecule has 1 saturated carbocycles. The largest absolute Gasteiger partial charge is 0.493 e. The molecular weight excluding hydrogens is 316 g/mol. The maximum atomic E-state index is 12.3. The monoisotopic (exact) mass is 348 g/mol. The molecule has 0 saturated heterocycles. The van der Waals surface area contributed by atoms with E-state index in [-0.39, 0.29) is 11.4 Å². The fourth-order valence-corrected chi connectivity index (χ4v) is 3.32. The maximum Gasteiger partial charge on any atom is 0.315 e. The molecule has 140 valence electrons.